The summed E-state index contributed by atoms with van der Waals surface area (Å²) in [4.78, 5) is 16.3. The van der Waals surface area contributed by atoms with Crippen LogP contribution in [0.15, 0.2) is 53.1 Å². The van der Waals surface area contributed by atoms with Crippen LogP contribution in [0, 0.1) is 0 Å². The summed E-state index contributed by atoms with van der Waals surface area (Å²) in [6.07, 6.45) is 0.513. The molecule has 3 aromatic rings. The van der Waals surface area contributed by atoms with Gasteiger partial charge in [0, 0.05) is 17.3 Å². The summed E-state index contributed by atoms with van der Waals surface area (Å²) in [6, 6.07) is 14.8. The second-order valence-electron chi connectivity index (χ2n) is 6.37. The molecule has 27 heavy (non-hydrogen) atoms. The van der Waals surface area contributed by atoms with E-state index in [9.17, 15) is 4.79 Å². The Morgan fingerprint density at radius 3 is 2.78 bits per heavy atom. The molecular formula is C20H22N4O3. The molecule has 3 rings (SSSR count). The number of methoxy groups -OCH3 is 1. The molecule has 140 valence electrons. The molecule has 2 N–H and O–H groups in total. The van der Waals surface area contributed by atoms with Gasteiger partial charge in [-0.15, -0.1) is 0 Å². The summed E-state index contributed by atoms with van der Waals surface area (Å²) >= 11 is 0. The first-order chi connectivity index (χ1) is 13.0. The van der Waals surface area contributed by atoms with Gasteiger partial charge >= 0.3 is 6.03 Å². The van der Waals surface area contributed by atoms with Crippen LogP contribution >= 0.6 is 0 Å². The number of amides is 2. The van der Waals surface area contributed by atoms with Crippen molar-refractivity contribution in [2.75, 3.05) is 12.4 Å². The number of nitrogens with one attached hydrogen (secondary N) is 2. The summed E-state index contributed by atoms with van der Waals surface area (Å²) in [7, 11) is 1.63. The Balaban J connectivity index is 1.72. The molecule has 0 atom stereocenters. The van der Waals surface area contributed by atoms with Crippen LogP contribution in [-0.4, -0.2) is 29.3 Å². The molecule has 0 saturated heterocycles. The molecule has 2 amide bonds. The molecular weight excluding hydrogens is 344 g/mol. The van der Waals surface area contributed by atoms with Crippen LogP contribution in [-0.2, 0) is 6.42 Å². The molecule has 1 aromatic heterocycles. The SMILES string of the molecule is COc1cccc(Cc2nc(-c3cccc(NC(=O)NC(C)C)c3)no2)c1. The molecule has 0 fully saturated rings. The van der Waals surface area contributed by atoms with E-state index in [2.05, 4.69) is 20.8 Å². The molecule has 0 unspecified atom stereocenters. The summed E-state index contributed by atoms with van der Waals surface area (Å²) in [5, 5.41) is 9.62. The molecule has 0 spiro atoms. The highest BCUT2D eigenvalue weighted by molar-refractivity contribution is 5.90. The van der Waals surface area contributed by atoms with E-state index < -0.39 is 0 Å². The number of urea groups is 1. The van der Waals surface area contributed by atoms with Crippen LogP contribution in [0.2, 0.25) is 0 Å². The predicted octanol–water partition coefficient (Wildman–Crippen LogP) is 3.87. The topological polar surface area (TPSA) is 89.3 Å². The maximum absolute atomic E-state index is 11.8. The number of rotatable bonds is 6. The average Bonchev–Trinajstić information content (AvgIpc) is 3.10. The van der Waals surface area contributed by atoms with Gasteiger partial charge in [0.05, 0.1) is 13.5 Å². The number of benzene rings is 2. The number of aromatic nitrogens is 2. The van der Waals surface area contributed by atoms with Gasteiger partial charge in [-0.3, -0.25) is 0 Å². The smallest absolute Gasteiger partial charge is 0.319 e. The number of ether oxygens (including phenoxy) is 1. The van der Waals surface area contributed by atoms with Crippen LogP contribution in [0.1, 0.15) is 25.3 Å². The summed E-state index contributed by atoms with van der Waals surface area (Å²) in [6.45, 7) is 3.80. The van der Waals surface area contributed by atoms with Crippen molar-refractivity contribution in [2.24, 2.45) is 0 Å². The van der Waals surface area contributed by atoms with E-state index in [-0.39, 0.29) is 12.1 Å². The van der Waals surface area contributed by atoms with Gasteiger partial charge in [-0.2, -0.15) is 4.98 Å². The maximum atomic E-state index is 11.8. The van der Waals surface area contributed by atoms with Gasteiger partial charge in [-0.1, -0.05) is 29.4 Å². The van der Waals surface area contributed by atoms with Crippen molar-refractivity contribution in [3.8, 4) is 17.1 Å². The van der Waals surface area contributed by atoms with Gasteiger partial charge < -0.3 is 19.9 Å². The third-order valence-electron chi connectivity index (χ3n) is 3.76. The number of carbonyl (C=O) groups is 1. The molecule has 2 aromatic carbocycles. The van der Waals surface area contributed by atoms with Crippen LogP contribution in [0.3, 0.4) is 0 Å². The van der Waals surface area contributed by atoms with Crippen LogP contribution in [0.25, 0.3) is 11.4 Å². The monoisotopic (exact) mass is 366 g/mol. The Hall–Kier alpha value is -3.35. The maximum Gasteiger partial charge on any atom is 0.319 e. The number of nitrogens with zero attached hydrogens (tertiary/aromatic N) is 2. The quantitative estimate of drug-likeness (QED) is 0.691. The van der Waals surface area contributed by atoms with Gasteiger partial charge in [0.1, 0.15) is 5.75 Å². The van der Waals surface area contributed by atoms with Crippen molar-refractivity contribution in [2.45, 2.75) is 26.3 Å². The van der Waals surface area contributed by atoms with E-state index in [1.165, 1.54) is 0 Å². The minimum absolute atomic E-state index is 0.0598. The molecule has 0 radical (unpaired) electrons. The molecule has 0 aliphatic carbocycles. The number of anilines is 1. The minimum Gasteiger partial charge on any atom is -0.497 e. The molecule has 7 heteroatoms. The van der Waals surface area contributed by atoms with Gasteiger partial charge in [-0.05, 0) is 43.7 Å². The zero-order valence-corrected chi connectivity index (χ0v) is 15.5. The fourth-order valence-electron chi connectivity index (χ4n) is 2.57. The van der Waals surface area contributed by atoms with E-state index in [1.54, 1.807) is 19.2 Å². The second-order valence-corrected chi connectivity index (χ2v) is 6.37. The Morgan fingerprint density at radius 1 is 1.19 bits per heavy atom. The Bertz CT molecular complexity index is 921. The first-order valence-electron chi connectivity index (χ1n) is 8.67. The second kappa shape index (κ2) is 8.35. The van der Waals surface area contributed by atoms with E-state index in [1.807, 2.05) is 50.2 Å². The molecule has 0 aliphatic heterocycles. The lowest BCUT2D eigenvalue weighted by atomic mass is 10.1. The Labute approximate surface area is 157 Å². The van der Waals surface area contributed by atoms with Crippen molar-refractivity contribution in [3.05, 3.63) is 60.0 Å². The molecule has 7 nitrogen and oxygen atoms in total. The molecule has 0 bridgehead atoms. The largest absolute Gasteiger partial charge is 0.497 e. The van der Waals surface area contributed by atoms with Crippen molar-refractivity contribution in [3.63, 3.8) is 0 Å². The highest BCUT2D eigenvalue weighted by atomic mass is 16.5. The first kappa shape index (κ1) is 18.4. The third-order valence-corrected chi connectivity index (χ3v) is 3.76. The standard InChI is InChI=1S/C20H22N4O3/c1-13(2)21-20(25)22-16-8-5-7-15(12-16)19-23-18(27-24-19)11-14-6-4-9-17(10-14)26-3/h4-10,12-13H,11H2,1-3H3,(H2,21,22,25). The van der Waals surface area contributed by atoms with Gasteiger partial charge in [0.2, 0.25) is 11.7 Å². The number of hydrogen-bond acceptors (Lipinski definition) is 5. The van der Waals surface area contributed by atoms with Gasteiger partial charge in [-0.25, -0.2) is 4.79 Å². The molecule has 1 heterocycles. The molecule has 0 saturated carbocycles. The van der Waals surface area contributed by atoms with Crippen molar-refractivity contribution < 1.29 is 14.1 Å². The van der Waals surface area contributed by atoms with Gasteiger partial charge in [0.15, 0.2) is 0 Å². The number of hydrogen-bond donors (Lipinski definition) is 2. The lowest BCUT2D eigenvalue weighted by Crippen LogP contribution is -2.34. The average molecular weight is 366 g/mol. The molecule has 0 aliphatic rings. The van der Waals surface area contributed by atoms with Crippen LogP contribution in [0.5, 0.6) is 5.75 Å². The minimum atomic E-state index is -0.256. The summed E-state index contributed by atoms with van der Waals surface area (Å²) < 4.78 is 10.6. The summed E-state index contributed by atoms with van der Waals surface area (Å²) in [5.74, 6) is 1.76. The van der Waals surface area contributed by atoms with E-state index in [0.29, 0.717) is 23.8 Å². The zero-order valence-electron chi connectivity index (χ0n) is 15.5. The fraction of sp³-hybridized carbons (Fsp3) is 0.250. The highest BCUT2D eigenvalue weighted by Crippen LogP contribution is 2.21. The van der Waals surface area contributed by atoms with E-state index in [0.717, 1.165) is 16.9 Å². The van der Waals surface area contributed by atoms with Crippen LogP contribution < -0.4 is 15.4 Å². The lowest BCUT2D eigenvalue weighted by molar-refractivity contribution is 0.250. The van der Waals surface area contributed by atoms with Crippen molar-refractivity contribution >= 4 is 11.7 Å². The first-order valence-corrected chi connectivity index (χ1v) is 8.67. The highest BCUT2D eigenvalue weighted by Gasteiger charge is 2.11. The van der Waals surface area contributed by atoms with E-state index >= 15 is 0 Å². The van der Waals surface area contributed by atoms with Gasteiger partial charge in [0.25, 0.3) is 0 Å². The zero-order chi connectivity index (χ0) is 19.2. The summed E-state index contributed by atoms with van der Waals surface area (Å²) in [5.41, 5.74) is 2.44. The van der Waals surface area contributed by atoms with Crippen LogP contribution in [0.4, 0.5) is 10.5 Å². The fourth-order valence-corrected chi connectivity index (χ4v) is 2.57. The Morgan fingerprint density at radius 2 is 2.00 bits per heavy atom. The normalized spacial score (nSPS) is 10.7. The Kier molecular flexibility index (Phi) is 5.71. The van der Waals surface area contributed by atoms with E-state index in [4.69, 9.17) is 9.26 Å². The predicted molar refractivity (Wildman–Crippen MR) is 103 cm³/mol. The third kappa shape index (κ3) is 5.07. The number of carbonyl (C=O) groups excluding carboxylic acids is 1. The van der Waals surface area contributed by atoms with Crippen molar-refractivity contribution in [1.82, 2.24) is 15.5 Å². The lowest BCUT2D eigenvalue weighted by Gasteiger charge is -2.10. The van der Waals surface area contributed by atoms with Crippen molar-refractivity contribution in [1.29, 1.82) is 0 Å².